The molecular formula is C34H38B2Cl2N4O6. The van der Waals surface area contributed by atoms with E-state index in [0.717, 1.165) is 16.6 Å². The molecule has 1 heterocycles. The summed E-state index contributed by atoms with van der Waals surface area (Å²) in [4.78, 5) is 8.72. The second-order valence-electron chi connectivity index (χ2n) is 12.4. The van der Waals surface area contributed by atoms with Crippen molar-refractivity contribution < 1.29 is 29.6 Å². The highest BCUT2D eigenvalue weighted by Gasteiger charge is 2.51. The normalized spacial score (nSPS) is 15.6. The molecule has 0 unspecified atom stereocenters. The Morgan fingerprint density at radius 3 is 1.67 bits per heavy atom. The minimum Gasteiger partial charge on any atom is -0.508 e. The van der Waals surface area contributed by atoms with Crippen LogP contribution in [-0.4, -0.2) is 56.0 Å². The minimum absolute atomic E-state index is 0.0837. The first-order chi connectivity index (χ1) is 22.4. The van der Waals surface area contributed by atoms with Crippen LogP contribution in [0.5, 0.6) is 11.5 Å². The number of rotatable bonds is 6. The summed E-state index contributed by atoms with van der Waals surface area (Å²) in [5, 5.41) is 37.7. The van der Waals surface area contributed by atoms with Crippen LogP contribution in [0, 0.1) is 13.8 Å². The maximum atomic E-state index is 9.65. The van der Waals surface area contributed by atoms with Crippen molar-refractivity contribution in [2.75, 3.05) is 11.5 Å². The number of nitrogens with two attached hydrogens (primary N) is 2. The molecule has 0 aliphatic carbocycles. The minimum atomic E-state index is -1.61. The van der Waals surface area contributed by atoms with Gasteiger partial charge in [-0.2, -0.15) is 0 Å². The van der Waals surface area contributed by atoms with Gasteiger partial charge in [0.15, 0.2) is 0 Å². The summed E-state index contributed by atoms with van der Waals surface area (Å²) in [6, 6.07) is 19.6. The van der Waals surface area contributed by atoms with Crippen molar-refractivity contribution in [2.24, 2.45) is 9.98 Å². The highest BCUT2D eigenvalue weighted by atomic mass is 35.5. The average molecular weight is 691 g/mol. The van der Waals surface area contributed by atoms with Crippen molar-refractivity contribution in [1.29, 1.82) is 0 Å². The number of phenols is 2. The second-order valence-corrected chi connectivity index (χ2v) is 13.1. The smallest absolute Gasteiger partial charge is 0.494 e. The van der Waals surface area contributed by atoms with Crippen LogP contribution >= 0.6 is 23.2 Å². The topological polar surface area (TPSA) is 176 Å². The molecule has 1 fully saturated rings. The molecule has 0 saturated carbocycles. The van der Waals surface area contributed by atoms with Crippen LogP contribution in [0.25, 0.3) is 0 Å². The Morgan fingerprint density at radius 2 is 1.15 bits per heavy atom. The van der Waals surface area contributed by atoms with Gasteiger partial charge in [0.05, 0.1) is 22.6 Å². The van der Waals surface area contributed by atoms with Crippen LogP contribution in [-0.2, 0) is 9.31 Å². The SMILES string of the molecule is Cc1cc(B2OC(C)(C)C(C)(C)O2)ccc1N=C(Cl)c1cc(O)ccc1N.Cc1cc(O)ccc1N=C(Cl)c1cc(B(O)O)ccc1N. The summed E-state index contributed by atoms with van der Waals surface area (Å²) in [5.41, 5.74) is 16.9. The van der Waals surface area contributed by atoms with E-state index in [-0.39, 0.29) is 27.3 Å². The number of nitrogens with zero attached hydrogens (tertiary/aromatic N) is 2. The Kier molecular flexibility index (Phi) is 11.2. The summed E-state index contributed by atoms with van der Waals surface area (Å²) in [6.45, 7) is 11.8. The van der Waals surface area contributed by atoms with Gasteiger partial charge in [-0.05, 0) is 112 Å². The molecular weight excluding hydrogens is 653 g/mol. The first kappa shape index (κ1) is 36.8. The third-order valence-corrected chi connectivity index (χ3v) is 8.80. The van der Waals surface area contributed by atoms with E-state index in [1.165, 1.54) is 36.4 Å². The maximum absolute atomic E-state index is 9.65. The summed E-state index contributed by atoms with van der Waals surface area (Å²) < 4.78 is 12.2. The van der Waals surface area contributed by atoms with Gasteiger partial charge in [-0.1, -0.05) is 47.5 Å². The van der Waals surface area contributed by atoms with E-state index in [1.54, 1.807) is 25.1 Å². The average Bonchev–Trinajstić information content (AvgIpc) is 3.23. The Hall–Kier alpha value is -4.03. The third kappa shape index (κ3) is 8.51. The molecule has 14 heteroatoms. The van der Waals surface area contributed by atoms with Gasteiger partial charge in [0.2, 0.25) is 0 Å². The van der Waals surface area contributed by atoms with E-state index in [1.807, 2.05) is 52.8 Å². The molecule has 1 saturated heterocycles. The standard InChI is InChI=1S/C20H24BClN2O3.C14H14BClN2O3/c1-12-10-13(21-26-19(2,3)20(4,5)27-21)6-9-17(12)24-18(22)15-11-14(25)7-8-16(15)23;1-8-6-10(19)3-5-13(8)18-14(16)11-7-9(15(20)21)2-4-12(11)17/h6-11,25H,23H2,1-5H3;2-7,19-21H,17H2,1H3. The highest BCUT2D eigenvalue weighted by molar-refractivity contribution is 6.71. The van der Waals surface area contributed by atoms with Crippen molar-refractivity contribution in [3.05, 3.63) is 95.1 Å². The molecule has 48 heavy (non-hydrogen) atoms. The lowest BCUT2D eigenvalue weighted by molar-refractivity contribution is 0.00578. The van der Waals surface area contributed by atoms with Gasteiger partial charge in [0.1, 0.15) is 21.8 Å². The number of aliphatic imine (C=N–C) groups is 2. The van der Waals surface area contributed by atoms with E-state index in [9.17, 15) is 20.3 Å². The summed E-state index contributed by atoms with van der Waals surface area (Å²) in [7, 11) is -2.03. The summed E-state index contributed by atoms with van der Waals surface area (Å²) >= 11 is 12.5. The predicted octanol–water partition coefficient (Wildman–Crippen LogP) is 5.18. The molecule has 0 bridgehead atoms. The van der Waals surface area contributed by atoms with Crippen LogP contribution in [0.1, 0.15) is 49.9 Å². The lowest BCUT2D eigenvalue weighted by Gasteiger charge is -2.32. The molecule has 0 atom stereocenters. The first-order valence-electron chi connectivity index (χ1n) is 15.0. The van der Waals surface area contributed by atoms with E-state index in [4.69, 9.17) is 44.0 Å². The lowest BCUT2D eigenvalue weighted by atomic mass is 9.78. The summed E-state index contributed by atoms with van der Waals surface area (Å²) in [6.07, 6.45) is 0. The van der Waals surface area contributed by atoms with E-state index < -0.39 is 25.4 Å². The van der Waals surface area contributed by atoms with Gasteiger partial charge in [-0.3, -0.25) is 0 Å². The largest absolute Gasteiger partial charge is 0.508 e. The molecule has 250 valence electrons. The monoisotopic (exact) mass is 690 g/mol. The van der Waals surface area contributed by atoms with Crippen LogP contribution in [0.15, 0.2) is 82.8 Å². The number of hydrogen-bond acceptors (Lipinski definition) is 10. The molecule has 10 nitrogen and oxygen atoms in total. The Morgan fingerprint density at radius 1 is 0.688 bits per heavy atom. The first-order valence-corrected chi connectivity index (χ1v) is 15.7. The second kappa shape index (κ2) is 14.6. The quantitative estimate of drug-likeness (QED) is 0.0694. The Labute approximate surface area is 291 Å². The zero-order valence-electron chi connectivity index (χ0n) is 27.5. The van der Waals surface area contributed by atoms with Crippen molar-refractivity contribution in [3.8, 4) is 11.5 Å². The molecule has 0 amide bonds. The molecule has 1 aliphatic rings. The number of hydrogen-bond donors (Lipinski definition) is 6. The highest BCUT2D eigenvalue weighted by Crippen LogP contribution is 2.37. The lowest BCUT2D eigenvalue weighted by Crippen LogP contribution is -2.41. The van der Waals surface area contributed by atoms with Gasteiger partial charge < -0.3 is 41.0 Å². The molecule has 0 spiro atoms. The Bertz CT molecular complexity index is 1870. The van der Waals surface area contributed by atoms with Crippen molar-refractivity contribution in [3.63, 3.8) is 0 Å². The molecule has 8 N–H and O–H groups in total. The van der Waals surface area contributed by atoms with Gasteiger partial charge >= 0.3 is 14.2 Å². The molecule has 1 aliphatic heterocycles. The molecule has 0 radical (unpaired) electrons. The fraction of sp³-hybridized carbons (Fsp3) is 0.235. The van der Waals surface area contributed by atoms with Crippen molar-refractivity contribution in [1.82, 2.24) is 0 Å². The van der Waals surface area contributed by atoms with Crippen LogP contribution in [0.4, 0.5) is 22.7 Å². The van der Waals surface area contributed by atoms with Gasteiger partial charge in [-0.15, -0.1) is 0 Å². The number of aryl methyl sites for hydroxylation is 2. The molecule has 5 rings (SSSR count). The predicted molar refractivity (Wildman–Crippen MR) is 197 cm³/mol. The number of halogens is 2. The number of benzene rings is 4. The third-order valence-electron chi connectivity index (χ3n) is 8.22. The van der Waals surface area contributed by atoms with Gasteiger partial charge in [0.25, 0.3) is 0 Å². The van der Waals surface area contributed by atoms with Gasteiger partial charge in [0, 0.05) is 22.5 Å². The Balaban J connectivity index is 0.000000224. The number of aromatic hydroxyl groups is 2. The number of phenolic OH excluding ortho intramolecular Hbond substituents is 2. The fourth-order valence-electron chi connectivity index (χ4n) is 4.66. The maximum Gasteiger partial charge on any atom is 0.494 e. The summed E-state index contributed by atoms with van der Waals surface area (Å²) in [5.74, 6) is 0.230. The van der Waals surface area contributed by atoms with Crippen molar-refractivity contribution in [2.45, 2.75) is 52.7 Å². The molecule has 0 aromatic heterocycles. The van der Waals surface area contributed by atoms with Crippen LogP contribution in [0.3, 0.4) is 0 Å². The van der Waals surface area contributed by atoms with E-state index in [2.05, 4.69) is 9.98 Å². The zero-order chi connectivity index (χ0) is 35.6. The zero-order valence-corrected chi connectivity index (χ0v) is 29.0. The van der Waals surface area contributed by atoms with E-state index >= 15 is 0 Å². The van der Waals surface area contributed by atoms with Crippen LogP contribution < -0.4 is 22.4 Å². The van der Waals surface area contributed by atoms with Crippen LogP contribution in [0.2, 0.25) is 0 Å². The fourth-order valence-corrected chi connectivity index (χ4v) is 5.17. The molecule has 4 aromatic rings. The molecule has 4 aromatic carbocycles. The van der Waals surface area contributed by atoms with Crippen molar-refractivity contribution >= 4 is 81.5 Å². The number of nitrogen functional groups attached to an aromatic ring is 2. The van der Waals surface area contributed by atoms with Gasteiger partial charge in [-0.25, -0.2) is 9.98 Å². The number of anilines is 2. The van der Waals surface area contributed by atoms with E-state index in [0.29, 0.717) is 33.9 Å².